The van der Waals surface area contributed by atoms with Gasteiger partial charge in [-0.1, -0.05) is 49.0 Å². The van der Waals surface area contributed by atoms with Crippen LogP contribution in [0.5, 0.6) is 0 Å². The molecule has 0 bridgehead atoms. The number of carbonyl (C=O) groups excluding carboxylic acids is 1. The van der Waals surface area contributed by atoms with E-state index in [-0.39, 0.29) is 17.4 Å². The number of thioether (sulfide) groups is 1. The molecule has 0 amide bonds. The van der Waals surface area contributed by atoms with Crippen molar-refractivity contribution in [1.29, 1.82) is 0 Å². The minimum atomic E-state index is -0.297. The van der Waals surface area contributed by atoms with Crippen LogP contribution >= 0.6 is 11.8 Å². The Kier molecular flexibility index (Phi) is 7.08. The first-order valence-corrected chi connectivity index (χ1v) is 12.0. The lowest BCUT2D eigenvalue weighted by Crippen LogP contribution is -2.08. The highest BCUT2D eigenvalue weighted by atomic mass is 32.2. The molecular weight excluding hydrogens is 435 g/mol. The minimum absolute atomic E-state index is 0.0769. The van der Waals surface area contributed by atoms with E-state index < -0.39 is 0 Å². The van der Waals surface area contributed by atoms with Gasteiger partial charge in [0.05, 0.1) is 12.3 Å². The second-order valence-corrected chi connectivity index (χ2v) is 8.98. The van der Waals surface area contributed by atoms with Crippen LogP contribution in [0.15, 0.2) is 65.8 Å². The standard InChI is InChI=1S/C26H27FN4OS/c1-4-14-30-18(2)15-23(19(30)3)24(32)17-33-26-29-28-25(21-10-12-22(27)13-11-21)31(26)16-20-8-6-5-7-9-20/h5-13,15H,4,14,16-17H2,1-3H3. The number of aromatic nitrogens is 4. The summed E-state index contributed by atoms with van der Waals surface area (Å²) in [5, 5.41) is 9.41. The normalized spacial score (nSPS) is 11.2. The summed E-state index contributed by atoms with van der Waals surface area (Å²) >= 11 is 1.38. The molecule has 4 rings (SSSR count). The molecule has 2 heterocycles. The number of carbonyl (C=O) groups is 1. The van der Waals surface area contributed by atoms with Crippen molar-refractivity contribution in [2.24, 2.45) is 0 Å². The van der Waals surface area contributed by atoms with E-state index in [0.717, 1.165) is 41.0 Å². The van der Waals surface area contributed by atoms with Gasteiger partial charge in [-0.25, -0.2) is 4.39 Å². The Morgan fingerprint density at radius 3 is 2.42 bits per heavy atom. The fraction of sp³-hybridized carbons (Fsp3) is 0.269. The van der Waals surface area contributed by atoms with Crippen LogP contribution in [-0.4, -0.2) is 30.9 Å². The van der Waals surface area contributed by atoms with Crippen LogP contribution in [0.1, 0.15) is 40.7 Å². The van der Waals surface area contributed by atoms with Crippen LogP contribution < -0.4 is 0 Å². The molecule has 0 aliphatic carbocycles. The van der Waals surface area contributed by atoms with Crippen molar-refractivity contribution in [2.75, 3.05) is 5.75 Å². The Balaban J connectivity index is 1.60. The van der Waals surface area contributed by atoms with Crippen LogP contribution in [0.25, 0.3) is 11.4 Å². The zero-order valence-electron chi connectivity index (χ0n) is 19.1. The van der Waals surface area contributed by atoms with E-state index in [1.165, 1.54) is 23.9 Å². The molecule has 0 saturated carbocycles. The van der Waals surface area contributed by atoms with Crippen molar-refractivity contribution in [3.63, 3.8) is 0 Å². The molecule has 2 aromatic heterocycles. The predicted octanol–water partition coefficient (Wildman–Crippen LogP) is 5.94. The quantitative estimate of drug-likeness (QED) is 0.228. The highest BCUT2D eigenvalue weighted by Gasteiger charge is 2.19. The summed E-state index contributed by atoms with van der Waals surface area (Å²) in [7, 11) is 0. The number of ketones is 1. The van der Waals surface area contributed by atoms with E-state index in [0.29, 0.717) is 17.5 Å². The number of halogens is 1. The molecule has 7 heteroatoms. The Morgan fingerprint density at radius 2 is 1.73 bits per heavy atom. The van der Waals surface area contributed by atoms with Gasteiger partial charge in [-0.2, -0.15) is 0 Å². The summed E-state index contributed by atoms with van der Waals surface area (Å²) in [5.41, 5.74) is 4.76. The molecule has 0 unspecified atom stereocenters. The maximum Gasteiger partial charge on any atom is 0.192 e. The Bertz CT molecular complexity index is 1250. The molecule has 2 aromatic carbocycles. The molecule has 0 saturated heterocycles. The summed E-state index contributed by atoms with van der Waals surface area (Å²) < 4.78 is 17.6. The van der Waals surface area contributed by atoms with Crippen molar-refractivity contribution >= 4 is 17.5 Å². The average Bonchev–Trinajstić information content (AvgIpc) is 3.34. The van der Waals surface area contributed by atoms with E-state index in [1.54, 1.807) is 12.1 Å². The second kappa shape index (κ2) is 10.2. The van der Waals surface area contributed by atoms with Gasteiger partial charge in [0.2, 0.25) is 0 Å². The van der Waals surface area contributed by atoms with Gasteiger partial charge < -0.3 is 4.57 Å². The molecule has 4 aromatic rings. The molecule has 0 atom stereocenters. The minimum Gasteiger partial charge on any atom is -0.348 e. The maximum atomic E-state index is 13.5. The molecule has 0 N–H and O–H groups in total. The summed E-state index contributed by atoms with van der Waals surface area (Å²) in [6, 6.07) is 18.2. The van der Waals surface area contributed by atoms with Gasteiger partial charge in [0.15, 0.2) is 16.8 Å². The van der Waals surface area contributed by atoms with Gasteiger partial charge in [-0.15, -0.1) is 10.2 Å². The summed E-state index contributed by atoms with van der Waals surface area (Å²) in [4.78, 5) is 13.1. The Morgan fingerprint density at radius 1 is 1.00 bits per heavy atom. The van der Waals surface area contributed by atoms with Crippen LogP contribution in [0, 0.1) is 19.7 Å². The van der Waals surface area contributed by atoms with Crippen LogP contribution in [0.4, 0.5) is 4.39 Å². The van der Waals surface area contributed by atoms with Crippen molar-refractivity contribution in [3.05, 3.63) is 89.0 Å². The number of aryl methyl sites for hydroxylation is 1. The first kappa shape index (κ1) is 23.0. The number of rotatable bonds is 9. The highest BCUT2D eigenvalue weighted by Crippen LogP contribution is 2.27. The van der Waals surface area contributed by atoms with Crippen LogP contribution in [0.3, 0.4) is 0 Å². The van der Waals surface area contributed by atoms with Gasteiger partial charge in [-0.3, -0.25) is 9.36 Å². The molecule has 0 aliphatic rings. The van der Waals surface area contributed by atoms with E-state index in [4.69, 9.17) is 0 Å². The molecular formula is C26H27FN4OS. The number of Topliss-reactive ketones (excluding diaryl/α,β-unsaturated/α-hetero) is 1. The number of hydrogen-bond acceptors (Lipinski definition) is 4. The SMILES string of the molecule is CCCn1c(C)cc(C(=O)CSc2nnc(-c3ccc(F)cc3)n2Cc2ccccc2)c1C. The summed E-state index contributed by atoms with van der Waals surface area (Å²) in [6.45, 7) is 7.64. The molecule has 0 radical (unpaired) electrons. The number of benzene rings is 2. The van der Waals surface area contributed by atoms with Crippen LogP contribution in [0.2, 0.25) is 0 Å². The van der Waals surface area contributed by atoms with Crippen molar-refractivity contribution < 1.29 is 9.18 Å². The molecule has 33 heavy (non-hydrogen) atoms. The van der Waals surface area contributed by atoms with E-state index in [9.17, 15) is 9.18 Å². The van der Waals surface area contributed by atoms with Gasteiger partial charge in [0.25, 0.3) is 0 Å². The Hall–Kier alpha value is -3.19. The second-order valence-electron chi connectivity index (χ2n) is 8.03. The van der Waals surface area contributed by atoms with Gasteiger partial charge >= 0.3 is 0 Å². The predicted molar refractivity (Wildman–Crippen MR) is 130 cm³/mol. The maximum absolute atomic E-state index is 13.5. The zero-order chi connectivity index (χ0) is 23.4. The topological polar surface area (TPSA) is 52.7 Å². The smallest absolute Gasteiger partial charge is 0.192 e. The first-order chi connectivity index (χ1) is 16.0. The fourth-order valence-corrected chi connectivity index (χ4v) is 4.80. The lowest BCUT2D eigenvalue weighted by Gasteiger charge is -2.11. The molecule has 0 fully saturated rings. The van der Waals surface area contributed by atoms with E-state index in [2.05, 4.69) is 21.7 Å². The highest BCUT2D eigenvalue weighted by molar-refractivity contribution is 7.99. The molecule has 0 spiro atoms. The average molecular weight is 463 g/mol. The van der Waals surface area contributed by atoms with E-state index >= 15 is 0 Å². The zero-order valence-corrected chi connectivity index (χ0v) is 19.9. The lowest BCUT2D eigenvalue weighted by atomic mass is 10.2. The van der Waals surface area contributed by atoms with Crippen molar-refractivity contribution in [3.8, 4) is 11.4 Å². The number of hydrogen-bond donors (Lipinski definition) is 0. The lowest BCUT2D eigenvalue weighted by molar-refractivity contribution is 0.102. The fourth-order valence-electron chi connectivity index (χ4n) is 3.98. The van der Waals surface area contributed by atoms with Gasteiger partial charge in [0, 0.05) is 29.1 Å². The van der Waals surface area contributed by atoms with Gasteiger partial charge in [-0.05, 0) is 56.2 Å². The molecule has 0 aliphatic heterocycles. The monoisotopic (exact) mass is 462 g/mol. The molecule has 170 valence electrons. The van der Waals surface area contributed by atoms with E-state index in [1.807, 2.05) is 54.8 Å². The van der Waals surface area contributed by atoms with Crippen LogP contribution in [-0.2, 0) is 13.1 Å². The third kappa shape index (κ3) is 5.09. The van der Waals surface area contributed by atoms with Crippen molar-refractivity contribution in [2.45, 2.75) is 45.4 Å². The third-order valence-corrected chi connectivity index (χ3v) is 6.62. The van der Waals surface area contributed by atoms with Crippen molar-refractivity contribution in [1.82, 2.24) is 19.3 Å². The van der Waals surface area contributed by atoms with Gasteiger partial charge in [0.1, 0.15) is 5.82 Å². The molecule has 5 nitrogen and oxygen atoms in total. The Labute approximate surface area is 197 Å². The largest absolute Gasteiger partial charge is 0.348 e. The summed E-state index contributed by atoms with van der Waals surface area (Å²) in [6.07, 6.45) is 1.02. The third-order valence-electron chi connectivity index (χ3n) is 5.66. The number of nitrogens with zero attached hydrogens (tertiary/aromatic N) is 4. The first-order valence-electron chi connectivity index (χ1n) is 11.0. The summed E-state index contributed by atoms with van der Waals surface area (Å²) in [5.74, 6) is 0.698.